The van der Waals surface area contributed by atoms with E-state index in [1.165, 1.54) is 19.3 Å². The van der Waals surface area contributed by atoms with Crippen LogP contribution in [0, 0.1) is 11.3 Å². The maximum Gasteiger partial charge on any atom is 0.348 e. The lowest BCUT2D eigenvalue weighted by Crippen LogP contribution is -2.02. The van der Waals surface area contributed by atoms with Crippen molar-refractivity contribution < 1.29 is 14.6 Å². The average molecular weight is 282 g/mol. The zero-order valence-corrected chi connectivity index (χ0v) is 9.98. The molecule has 0 fully saturated rings. The first kappa shape index (κ1) is 12.3. The molecule has 0 saturated carbocycles. The van der Waals surface area contributed by atoms with Crippen molar-refractivity contribution in [3.8, 4) is 11.8 Å². The van der Waals surface area contributed by atoms with E-state index in [-0.39, 0.29) is 11.3 Å². The second-order valence-corrected chi connectivity index (χ2v) is 3.78. The summed E-state index contributed by atoms with van der Waals surface area (Å²) in [7, 11) is 1.19. The Bertz CT molecular complexity index is 488. The van der Waals surface area contributed by atoms with Crippen molar-refractivity contribution >= 4 is 28.0 Å². The van der Waals surface area contributed by atoms with Gasteiger partial charge < -0.3 is 9.84 Å². The number of nitrogens with zero attached hydrogens (tertiary/aromatic N) is 1. The Hall–Kier alpha value is -1.80. The van der Waals surface area contributed by atoms with E-state index in [0.29, 0.717) is 5.56 Å². The summed E-state index contributed by atoms with van der Waals surface area (Å²) in [5, 5.41) is 18.2. The molecule has 0 saturated heterocycles. The number of methoxy groups -OCH3 is 1. The second-order valence-electron chi connectivity index (χ2n) is 2.86. The number of carbonyl (C=O) groups is 1. The molecule has 0 aliphatic heterocycles. The molecule has 5 heteroatoms. The lowest BCUT2D eigenvalue weighted by molar-refractivity contribution is -0.135. The lowest BCUT2D eigenvalue weighted by Gasteiger charge is -2.01. The van der Waals surface area contributed by atoms with Crippen molar-refractivity contribution in [2.75, 3.05) is 7.11 Å². The van der Waals surface area contributed by atoms with Gasteiger partial charge in [0.25, 0.3) is 0 Å². The van der Waals surface area contributed by atoms with Gasteiger partial charge in [-0.2, -0.15) is 5.26 Å². The summed E-state index contributed by atoms with van der Waals surface area (Å²) in [6.07, 6.45) is 1.27. The SMILES string of the molecule is COC(=O)/C(C#N)=C\c1cc(Br)ccc1O. The molecule has 1 N–H and O–H groups in total. The summed E-state index contributed by atoms with van der Waals surface area (Å²) in [5.74, 6) is -0.748. The van der Waals surface area contributed by atoms with Crippen molar-refractivity contribution in [1.82, 2.24) is 0 Å². The number of esters is 1. The van der Waals surface area contributed by atoms with Gasteiger partial charge in [0, 0.05) is 10.0 Å². The van der Waals surface area contributed by atoms with E-state index in [0.717, 1.165) is 4.47 Å². The molecule has 1 rings (SSSR count). The maximum atomic E-state index is 11.1. The van der Waals surface area contributed by atoms with Crippen LogP contribution in [-0.4, -0.2) is 18.2 Å². The fraction of sp³-hybridized carbons (Fsp3) is 0.0909. The van der Waals surface area contributed by atoms with Crippen LogP contribution in [0.25, 0.3) is 6.08 Å². The van der Waals surface area contributed by atoms with Crippen LogP contribution in [0.4, 0.5) is 0 Å². The third-order valence-corrected chi connectivity index (χ3v) is 2.31. The number of phenolic OH excluding ortho intramolecular Hbond substituents is 1. The van der Waals surface area contributed by atoms with E-state index in [4.69, 9.17) is 5.26 Å². The quantitative estimate of drug-likeness (QED) is 0.513. The fourth-order valence-corrected chi connectivity index (χ4v) is 1.42. The van der Waals surface area contributed by atoms with Crippen molar-refractivity contribution in [1.29, 1.82) is 5.26 Å². The normalized spacial score (nSPS) is 10.7. The van der Waals surface area contributed by atoms with Crippen LogP contribution in [0.3, 0.4) is 0 Å². The Morgan fingerprint density at radius 2 is 2.31 bits per heavy atom. The standard InChI is InChI=1S/C11H8BrNO3/c1-16-11(15)8(6-13)4-7-5-9(12)2-3-10(7)14/h2-5,14H,1H3/b8-4-. The molecule has 0 aliphatic carbocycles. The molecular weight excluding hydrogens is 274 g/mol. The average Bonchev–Trinajstić information content (AvgIpc) is 2.29. The molecule has 0 heterocycles. The predicted octanol–water partition coefficient (Wildman–Crippen LogP) is 2.23. The molecular formula is C11H8BrNO3. The van der Waals surface area contributed by atoms with Gasteiger partial charge in [0.15, 0.2) is 0 Å². The maximum absolute atomic E-state index is 11.1. The van der Waals surface area contributed by atoms with Crippen molar-refractivity contribution in [2.45, 2.75) is 0 Å². The summed E-state index contributed by atoms with van der Waals surface area (Å²) in [6, 6.07) is 6.41. The summed E-state index contributed by atoms with van der Waals surface area (Å²) in [5.41, 5.74) is 0.201. The molecule has 0 atom stereocenters. The minimum absolute atomic E-state index is 0.0140. The monoisotopic (exact) mass is 281 g/mol. The van der Waals surface area contributed by atoms with Crippen LogP contribution in [0.15, 0.2) is 28.2 Å². The number of phenols is 1. The minimum Gasteiger partial charge on any atom is -0.507 e. The molecule has 0 bridgehead atoms. The van der Waals surface area contributed by atoms with Gasteiger partial charge in [0.05, 0.1) is 7.11 Å². The Morgan fingerprint density at radius 3 is 2.88 bits per heavy atom. The number of benzene rings is 1. The second kappa shape index (κ2) is 5.33. The topological polar surface area (TPSA) is 70.3 Å². The Morgan fingerprint density at radius 1 is 1.62 bits per heavy atom. The van der Waals surface area contributed by atoms with Crippen LogP contribution in [0.5, 0.6) is 5.75 Å². The largest absolute Gasteiger partial charge is 0.507 e. The number of halogens is 1. The minimum atomic E-state index is -0.734. The predicted molar refractivity (Wildman–Crippen MR) is 61.4 cm³/mol. The zero-order valence-electron chi connectivity index (χ0n) is 8.40. The molecule has 0 amide bonds. The van der Waals surface area contributed by atoms with Crippen LogP contribution < -0.4 is 0 Å². The molecule has 0 unspecified atom stereocenters. The smallest absolute Gasteiger partial charge is 0.348 e. The number of rotatable bonds is 2. The van der Waals surface area contributed by atoms with Crippen molar-refractivity contribution in [3.05, 3.63) is 33.8 Å². The number of hydrogen-bond donors (Lipinski definition) is 1. The van der Waals surface area contributed by atoms with Crippen molar-refractivity contribution in [3.63, 3.8) is 0 Å². The number of hydrogen-bond acceptors (Lipinski definition) is 4. The van der Waals surface area contributed by atoms with E-state index < -0.39 is 5.97 Å². The summed E-state index contributed by atoms with van der Waals surface area (Å²) < 4.78 is 5.16. The summed E-state index contributed by atoms with van der Waals surface area (Å²) in [4.78, 5) is 11.1. The van der Waals surface area contributed by atoms with Crippen LogP contribution in [0.2, 0.25) is 0 Å². The number of nitriles is 1. The molecule has 0 spiro atoms. The molecule has 1 aromatic carbocycles. The number of ether oxygens (including phenoxy) is 1. The van der Waals surface area contributed by atoms with Gasteiger partial charge in [-0.15, -0.1) is 0 Å². The van der Waals surface area contributed by atoms with E-state index in [2.05, 4.69) is 20.7 Å². The highest BCUT2D eigenvalue weighted by Crippen LogP contribution is 2.24. The number of aromatic hydroxyl groups is 1. The molecule has 0 aromatic heterocycles. The Balaban J connectivity index is 3.19. The summed E-state index contributed by atoms with van der Waals surface area (Å²) >= 11 is 3.22. The van der Waals surface area contributed by atoms with Gasteiger partial charge in [0.1, 0.15) is 17.4 Å². The van der Waals surface area contributed by atoms with E-state index in [1.54, 1.807) is 18.2 Å². The highest BCUT2D eigenvalue weighted by Gasteiger charge is 2.10. The Kier molecular flexibility index (Phi) is 4.09. The van der Waals surface area contributed by atoms with E-state index in [9.17, 15) is 9.90 Å². The first-order valence-electron chi connectivity index (χ1n) is 4.27. The fourth-order valence-electron chi connectivity index (χ4n) is 1.04. The van der Waals surface area contributed by atoms with Crippen LogP contribution in [-0.2, 0) is 9.53 Å². The molecule has 4 nitrogen and oxygen atoms in total. The third kappa shape index (κ3) is 2.84. The Labute approximate surface area is 101 Å². The highest BCUT2D eigenvalue weighted by molar-refractivity contribution is 9.10. The van der Waals surface area contributed by atoms with Crippen LogP contribution in [0.1, 0.15) is 5.56 Å². The first-order valence-corrected chi connectivity index (χ1v) is 5.06. The zero-order chi connectivity index (χ0) is 12.1. The van der Waals surface area contributed by atoms with Gasteiger partial charge in [0.2, 0.25) is 0 Å². The third-order valence-electron chi connectivity index (χ3n) is 1.82. The van der Waals surface area contributed by atoms with Gasteiger partial charge in [-0.3, -0.25) is 0 Å². The number of carbonyl (C=O) groups excluding carboxylic acids is 1. The first-order chi connectivity index (χ1) is 7.58. The van der Waals surface area contributed by atoms with Gasteiger partial charge >= 0.3 is 5.97 Å². The van der Waals surface area contributed by atoms with Crippen LogP contribution >= 0.6 is 15.9 Å². The summed E-state index contributed by atoms with van der Waals surface area (Å²) in [6.45, 7) is 0. The van der Waals surface area contributed by atoms with Gasteiger partial charge in [-0.1, -0.05) is 15.9 Å². The molecule has 0 radical (unpaired) electrons. The highest BCUT2D eigenvalue weighted by atomic mass is 79.9. The van der Waals surface area contributed by atoms with Gasteiger partial charge in [-0.05, 0) is 24.3 Å². The van der Waals surface area contributed by atoms with E-state index >= 15 is 0 Å². The van der Waals surface area contributed by atoms with Crippen molar-refractivity contribution in [2.24, 2.45) is 0 Å². The molecule has 1 aromatic rings. The molecule has 82 valence electrons. The van der Waals surface area contributed by atoms with Gasteiger partial charge in [-0.25, -0.2) is 4.79 Å². The lowest BCUT2D eigenvalue weighted by atomic mass is 10.1. The van der Waals surface area contributed by atoms with E-state index in [1.807, 2.05) is 0 Å². The molecule has 16 heavy (non-hydrogen) atoms. The molecule has 0 aliphatic rings.